The third-order valence-electron chi connectivity index (χ3n) is 5.40. The van der Waals surface area contributed by atoms with Crippen molar-refractivity contribution < 1.29 is 14.3 Å². The highest BCUT2D eigenvalue weighted by molar-refractivity contribution is 7.12. The molecule has 3 rings (SSSR count). The first kappa shape index (κ1) is 16.0. The van der Waals surface area contributed by atoms with Gasteiger partial charge in [-0.1, -0.05) is 0 Å². The van der Waals surface area contributed by atoms with Crippen LogP contribution < -0.4 is 0 Å². The number of likely N-dealkylation sites (tertiary alicyclic amines) is 1. The fourth-order valence-electron chi connectivity index (χ4n) is 3.86. The van der Waals surface area contributed by atoms with Crippen molar-refractivity contribution in [2.45, 2.75) is 26.2 Å². The van der Waals surface area contributed by atoms with Crippen molar-refractivity contribution in [3.63, 3.8) is 0 Å². The molecule has 0 N–H and O–H groups in total. The predicted octanol–water partition coefficient (Wildman–Crippen LogP) is 2.96. The second-order valence-corrected chi connectivity index (χ2v) is 7.48. The van der Waals surface area contributed by atoms with Gasteiger partial charge in [-0.25, -0.2) is 0 Å². The topological polar surface area (TPSA) is 38.8 Å². The third kappa shape index (κ3) is 2.94. The summed E-state index contributed by atoms with van der Waals surface area (Å²) >= 11 is 1.56. The van der Waals surface area contributed by atoms with Gasteiger partial charge < -0.3 is 14.4 Å². The first-order valence-electron chi connectivity index (χ1n) is 8.06. The lowest BCUT2D eigenvalue weighted by atomic mass is 9.66. The van der Waals surface area contributed by atoms with Crippen LogP contribution in [0.3, 0.4) is 0 Å². The van der Waals surface area contributed by atoms with Gasteiger partial charge in [-0.3, -0.25) is 4.79 Å². The number of rotatable bonds is 3. The molecule has 1 amide bonds. The summed E-state index contributed by atoms with van der Waals surface area (Å²) < 4.78 is 11.1. The zero-order chi connectivity index (χ0) is 15.6. The van der Waals surface area contributed by atoms with Gasteiger partial charge in [0.1, 0.15) is 0 Å². The Bertz CT molecular complexity index is 518. The van der Waals surface area contributed by atoms with Gasteiger partial charge in [-0.2, -0.15) is 0 Å². The van der Waals surface area contributed by atoms with E-state index in [-0.39, 0.29) is 5.91 Å². The Morgan fingerprint density at radius 3 is 2.86 bits per heavy atom. The minimum absolute atomic E-state index is 0.206. The van der Waals surface area contributed by atoms with E-state index in [9.17, 15) is 4.79 Å². The summed E-state index contributed by atoms with van der Waals surface area (Å²) in [5, 5.41) is 2.00. The first-order valence-corrected chi connectivity index (χ1v) is 8.94. The van der Waals surface area contributed by atoms with Crippen LogP contribution in [0.1, 0.15) is 34.5 Å². The van der Waals surface area contributed by atoms with E-state index in [0.717, 1.165) is 62.6 Å². The molecule has 2 aliphatic heterocycles. The van der Waals surface area contributed by atoms with E-state index in [0.29, 0.717) is 11.3 Å². The molecule has 122 valence electrons. The molecule has 1 spiro atoms. The highest BCUT2D eigenvalue weighted by atomic mass is 32.1. The average molecular weight is 323 g/mol. The van der Waals surface area contributed by atoms with Crippen molar-refractivity contribution in [3.8, 4) is 0 Å². The van der Waals surface area contributed by atoms with Crippen molar-refractivity contribution in [2.75, 3.05) is 40.0 Å². The van der Waals surface area contributed by atoms with Crippen LogP contribution >= 0.6 is 11.3 Å². The SMILES string of the molecule is COC[C@@H]1COCCC12CCN(C(=O)c1sccc1C)CC2. The van der Waals surface area contributed by atoms with Crippen molar-refractivity contribution in [2.24, 2.45) is 11.3 Å². The van der Waals surface area contributed by atoms with Gasteiger partial charge in [-0.05, 0) is 48.6 Å². The van der Waals surface area contributed by atoms with Gasteiger partial charge in [0.15, 0.2) is 0 Å². The maximum Gasteiger partial charge on any atom is 0.264 e. The number of aryl methyl sites for hydroxylation is 1. The Labute approximate surface area is 136 Å². The van der Waals surface area contributed by atoms with Crippen LogP contribution in [0, 0.1) is 18.3 Å². The second kappa shape index (κ2) is 6.69. The maximum absolute atomic E-state index is 12.6. The molecule has 2 fully saturated rings. The molecule has 0 aliphatic carbocycles. The zero-order valence-corrected chi connectivity index (χ0v) is 14.3. The lowest BCUT2D eigenvalue weighted by Gasteiger charge is -2.48. The zero-order valence-electron chi connectivity index (χ0n) is 13.5. The Hall–Kier alpha value is -0.910. The van der Waals surface area contributed by atoms with Gasteiger partial charge in [0, 0.05) is 32.7 Å². The van der Waals surface area contributed by atoms with Crippen molar-refractivity contribution in [1.29, 1.82) is 0 Å². The van der Waals surface area contributed by atoms with E-state index < -0.39 is 0 Å². The summed E-state index contributed by atoms with van der Waals surface area (Å²) in [5.74, 6) is 0.671. The number of hydrogen-bond donors (Lipinski definition) is 0. The number of nitrogens with zero attached hydrogens (tertiary/aromatic N) is 1. The van der Waals surface area contributed by atoms with Gasteiger partial charge in [0.05, 0.1) is 18.1 Å². The summed E-state index contributed by atoms with van der Waals surface area (Å²) in [4.78, 5) is 15.6. The molecule has 0 unspecified atom stereocenters. The Morgan fingerprint density at radius 1 is 1.45 bits per heavy atom. The monoisotopic (exact) mass is 323 g/mol. The molecule has 0 aromatic carbocycles. The highest BCUT2D eigenvalue weighted by Crippen LogP contribution is 2.45. The molecule has 3 heterocycles. The number of thiophene rings is 1. The van der Waals surface area contributed by atoms with Crippen LogP contribution in [0.5, 0.6) is 0 Å². The minimum Gasteiger partial charge on any atom is -0.384 e. The quantitative estimate of drug-likeness (QED) is 0.858. The number of ether oxygens (including phenoxy) is 2. The number of hydrogen-bond acceptors (Lipinski definition) is 4. The summed E-state index contributed by atoms with van der Waals surface area (Å²) in [6.07, 6.45) is 3.24. The average Bonchev–Trinajstić information content (AvgIpc) is 2.96. The van der Waals surface area contributed by atoms with Crippen LogP contribution in [-0.4, -0.2) is 50.8 Å². The molecule has 0 radical (unpaired) electrons. The summed E-state index contributed by atoms with van der Waals surface area (Å²) in [6.45, 7) is 6.14. The van der Waals surface area contributed by atoms with Crippen LogP contribution in [0.25, 0.3) is 0 Å². The summed E-state index contributed by atoms with van der Waals surface area (Å²) in [6, 6.07) is 2.02. The number of methoxy groups -OCH3 is 1. The standard InChI is InChI=1S/C17H25NO3S/c1-13-3-10-22-15(13)16(19)18-7-4-17(5-8-18)6-9-21-12-14(17)11-20-2/h3,10,14H,4-9,11-12H2,1-2H3/t14-/m1/s1. The molecular weight excluding hydrogens is 298 g/mol. The van der Waals surface area contributed by atoms with Gasteiger partial charge in [0.25, 0.3) is 5.91 Å². The number of piperidine rings is 1. The Balaban J connectivity index is 1.66. The highest BCUT2D eigenvalue weighted by Gasteiger charge is 2.44. The smallest absolute Gasteiger partial charge is 0.264 e. The maximum atomic E-state index is 12.6. The number of carbonyl (C=O) groups excluding carboxylic acids is 1. The van der Waals surface area contributed by atoms with Gasteiger partial charge in [-0.15, -0.1) is 11.3 Å². The van der Waals surface area contributed by atoms with E-state index in [1.54, 1.807) is 18.4 Å². The number of amides is 1. The summed E-state index contributed by atoms with van der Waals surface area (Å²) in [7, 11) is 1.76. The molecule has 2 aliphatic rings. The summed E-state index contributed by atoms with van der Waals surface area (Å²) in [5.41, 5.74) is 1.40. The van der Waals surface area contributed by atoms with E-state index in [4.69, 9.17) is 9.47 Å². The normalized spacial score (nSPS) is 24.6. The largest absolute Gasteiger partial charge is 0.384 e. The Kier molecular flexibility index (Phi) is 4.85. The van der Waals surface area contributed by atoms with Crippen LogP contribution in [0.4, 0.5) is 0 Å². The molecule has 22 heavy (non-hydrogen) atoms. The third-order valence-corrected chi connectivity index (χ3v) is 6.40. The number of carbonyl (C=O) groups is 1. The molecule has 1 aromatic heterocycles. The van der Waals surface area contributed by atoms with E-state index in [1.165, 1.54) is 0 Å². The van der Waals surface area contributed by atoms with Crippen molar-refractivity contribution >= 4 is 17.2 Å². The Morgan fingerprint density at radius 2 is 2.23 bits per heavy atom. The van der Waals surface area contributed by atoms with Crippen LogP contribution in [0.2, 0.25) is 0 Å². The second-order valence-electron chi connectivity index (χ2n) is 6.56. The van der Waals surface area contributed by atoms with Crippen molar-refractivity contribution in [1.82, 2.24) is 4.90 Å². The van der Waals surface area contributed by atoms with Crippen molar-refractivity contribution in [3.05, 3.63) is 21.9 Å². The molecule has 2 saturated heterocycles. The van der Waals surface area contributed by atoms with E-state index in [1.807, 2.05) is 23.3 Å². The fraction of sp³-hybridized carbons (Fsp3) is 0.706. The van der Waals surface area contributed by atoms with E-state index >= 15 is 0 Å². The molecule has 1 atom stereocenters. The van der Waals surface area contributed by atoms with Crippen LogP contribution in [-0.2, 0) is 9.47 Å². The molecule has 5 heteroatoms. The molecule has 0 bridgehead atoms. The van der Waals surface area contributed by atoms with Crippen LogP contribution in [0.15, 0.2) is 11.4 Å². The molecule has 0 saturated carbocycles. The first-order chi connectivity index (χ1) is 10.7. The minimum atomic E-state index is 0.206. The predicted molar refractivity (Wildman–Crippen MR) is 87.4 cm³/mol. The fourth-order valence-corrected chi connectivity index (χ4v) is 4.75. The lowest BCUT2D eigenvalue weighted by molar-refractivity contribution is -0.0912. The van der Waals surface area contributed by atoms with E-state index in [2.05, 4.69) is 0 Å². The van der Waals surface area contributed by atoms with Gasteiger partial charge >= 0.3 is 0 Å². The molecule has 1 aromatic rings. The lowest BCUT2D eigenvalue weighted by Crippen LogP contribution is -2.50. The molecule has 4 nitrogen and oxygen atoms in total. The molecular formula is C17H25NO3S. The van der Waals surface area contributed by atoms with Gasteiger partial charge in [0.2, 0.25) is 0 Å².